The Labute approximate surface area is 97.1 Å². The molecule has 1 aliphatic rings. The zero-order valence-corrected chi connectivity index (χ0v) is 10.0. The largest absolute Gasteiger partial charge is 0.342 e. The highest BCUT2D eigenvalue weighted by molar-refractivity contribution is 5.28. The quantitative estimate of drug-likeness (QED) is 0.821. The van der Waals surface area contributed by atoms with E-state index in [9.17, 15) is 0 Å². The van der Waals surface area contributed by atoms with Crippen LogP contribution in [0.3, 0.4) is 0 Å². The first-order valence-electron chi connectivity index (χ1n) is 5.97. The topological polar surface area (TPSA) is 40.8 Å². The molecule has 0 spiro atoms. The van der Waals surface area contributed by atoms with E-state index in [1.165, 1.54) is 24.8 Å². The van der Waals surface area contributed by atoms with Gasteiger partial charge in [-0.3, -0.25) is 0 Å². The number of aromatic nitrogens is 1. The minimum atomic E-state index is 0.582. The highest BCUT2D eigenvalue weighted by atomic mass is 14.9. The fourth-order valence-electron chi connectivity index (χ4n) is 2.07. The molecule has 3 nitrogen and oxygen atoms in total. The van der Waals surface area contributed by atoms with Gasteiger partial charge < -0.3 is 9.88 Å². The van der Waals surface area contributed by atoms with Gasteiger partial charge in [0.25, 0.3) is 0 Å². The maximum Gasteiger partial charge on any atom is 0.120 e. The van der Waals surface area contributed by atoms with Crippen LogP contribution in [0.4, 0.5) is 0 Å². The summed E-state index contributed by atoms with van der Waals surface area (Å²) in [4.78, 5) is 0. The molecular weight excluding hydrogens is 198 g/mol. The minimum Gasteiger partial charge on any atom is -0.342 e. The van der Waals surface area contributed by atoms with Gasteiger partial charge in [-0.15, -0.1) is 0 Å². The molecule has 16 heavy (non-hydrogen) atoms. The number of aryl methyl sites for hydroxylation is 1. The fraction of sp³-hybridized carbons (Fsp3) is 0.615. The molecule has 2 rings (SSSR count). The molecule has 0 bridgehead atoms. The van der Waals surface area contributed by atoms with Gasteiger partial charge in [0.15, 0.2) is 0 Å². The molecule has 1 unspecified atom stereocenters. The average molecular weight is 217 g/mol. The van der Waals surface area contributed by atoms with E-state index in [2.05, 4.69) is 18.3 Å². The molecule has 1 N–H and O–H groups in total. The van der Waals surface area contributed by atoms with Crippen molar-refractivity contribution in [1.29, 1.82) is 5.26 Å². The number of nitrogens with zero attached hydrogens (tertiary/aromatic N) is 2. The molecule has 1 fully saturated rings. The summed E-state index contributed by atoms with van der Waals surface area (Å²) in [6.45, 7) is 3.11. The Hall–Kier alpha value is -1.27. The lowest BCUT2D eigenvalue weighted by Crippen LogP contribution is -2.25. The van der Waals surface area contributed by atoms with E-state index < -0.39 is 0 Å². The van der Waals surface area contributed by atoms with Gasteiger partial charge in [0.1, 0.15) is 11.8 Å². The van der Waals surface area contributed by atoms with Gasteiger partial charge in [-0.2, -0.15) is 5.26 Å². The van der Waals surface area contributed by atoms with E-state index in [1.807, 2.05) is 23.9 Å². The predicted molar refractivity (Wildman–Crippen MR) is 63.8 cm³/mol. The fourth-order valence-corrected chi connectivity index (χ4v) is 2.07. The highest BCUT2D eigenvalue weighted by Gasteiger charge is 2.23. The normalized spacial score (nSPS) is 17.1. The monoisotopic (exact) mass is 217 g/mol. The van der Waals surface area contributed by atoms with Crippen LogP contribution in [0.15, 0.2) is 12.3 Å². The third-order valence-electron chi connectivity index (χ3n) is 3.21. The maximum absolute atomic E-state index is 8.85. The van der Waals surface area contributed by atoms with Crippen LogP contribution in [0.1, 0.15) is 37.4 Å². The second-order valence-electron chi connectivity index (χ2n) is 4.92. The third kappa shape index (κ3) is 2.86. The Morgan fingerprint density at radius 2 is 2.38 bits per heavy atom. The van der Waals surface area contributed by atoms with Crippen molar-refractivity contribution in [3.8, 4) is 6.07 Å². The molecule has 86 valence electrons. The Morgan fingerprint density at radius 3 is 2.94 bits per heavy atom. The SMILES string of the molecule is CC(CC1CC1)NCc1cc(C#N)n(C)c1. The van der Waals surface area contributed by atoms with E-state index >= 15 is 0 Å². The van der Waals surface area contributed by atoms with E-state index in [-0.39, 0.29) is 0 Å². The third-order valence-corrected chi connectivity index (χ3v) is 3.21. The molecule has 0 aromatic carbocycles. The lowest BCUT2D eigenvalue weighted by Gasteiger charge is -2.12. The molecule has 1 aromatic rings. The Kier molecular flexibility index (Phi) is 3.31. The van der Waals surface area contributed by atoms with E-state index in [1.54, 1.807) is 0 Å². The summed E-state index contributed by atoms with van der Waals surface area (Å²) in [5.41, 5.74) is 1.92. The Morgan fingerprint density at radius 1 is 1.62 bits per heavy atom. The second kappa shape index (κ2) is 4.71. The number of hydrogen-bond acceptors (Lipinski definition) is 2. The average Bonchev–Trinajstić information content (AvgIpc) is 2.98. The van der Waals surface area contributed by atoms with Crippen LogP contribution in [-0.4, -0.2) is 10.6 Å². The molecule has 0 amide bonds. The summed E-state index contributed by atoms with van der Waals surface area (Å²) in [7, 11) is 1.91. The maximum atomic E-state index is 8.85. The zero-order valence-electron chi connectivity index (χ0n) is 10.0. The van der Waals surface area contributed by atoms with Gasteiger partial charge >= 0.3 is 0 Å². The van der Waals surface area contributed by atoms with Crippen LogP contribution < -0.4 is 5.32 Å². The Balaban J connectivity index is 1.81. The number of nitriles is 1. The van der Waals surface area contributed by atoms with Crippen LogP contribution in [0.25, 0.3) is 0 Å². The molecule has 1 atom stereocenters. The number of hydrogen-bond donors (Lipinski definition) is 1. The summed E-state index contributed by atoms with van der Waals surface area (Å²) in [6.07, 6.45) is 6.14. The van der Waals surface area contributed by atoms with Gasteiger partial charge in [-0.1, -0.05) is 12.8 Å². The molecule has 1 heterocycles. The van der Waals surface area contributed by atoms with Crippen LogP contribution >= 0.6 is 0 Å². The highest BCUT2D eigenvalue weighted by Crippen LogP contribution is 2.33. The number of nitrogens with one attached hydrogen (secondary N) is 1. The molecule has 0 saturated heterocycles. The van der Waals surface area contributed by atoms with E-state index in [0.29, 0.717) is 6.04 Å². The van der Waals surface area contributed by atoms with Crippen molar-refractivity contribution in [2.24, 2.45) is 13.0 Å². The molecule has 0 aliphatic heterocycles. The van der Waals surface area contributed by atoms with Crippen molar-refractivity contribution >= 4 is 0 Å². The van der Waals surface area contributed by atoms with Gasteiger partial charge in [0.2, 0.25) is 0 Å². The van der Waals surface area contributed by atoms with Crippen molar-refractivity contribution in [1.82, 2.24) is 9.88 Å². The van der Waals surface area contributed by atoms with E-state index in [4.69, 9.17) is 5.26 Å². The van der Waals surface area contributed by atoms with Crippen LogP contribution in [-0.2, 0) is 13.6 Å². The summed E-state index contributed by atoms with van der Waals surface area (Å²) < 4.78 is 1.88. The molecule has 1 aliphatic carbocycles. The van der Waals surface area contributed by atoms with Crippen molar-refractivity contribution in [2.75, 3.05) is 0 Å². The molecular formula is C13H19N3. The first-order valence-corrected chi connectivity index (χ1v) is 5.97. The first kappa shape index (κ1) is 11.2. The van der Waals surface area contributed by atoms with Crippen LogP contribution in [0.2, 0.25) is 0 Å². The van der Waals surface area contributed by atoms with Crippen LogP contribution in [0, 0.1) is 17.2 Å². The van der Waals surface area contributed by atoms with Gasteiger partial charge in [-0.05, 0) is 30.9 Å². The zero-order chi connectivity index (χ0) is 11.5. The number of rotatable bonds is 5. The summed E-state index contributed by atoms with van der Waals surface area (Å²) in [5.74, 6) is 0.966. The Bertz CT molecular complexity index is 396. The lowest BCUT2D eigenvalue weighted by molar-refractivity contribution is 0.487. The lowest BCUT2D eigenvalue weighted by atomic mass is 10.1. The van der Waals surface area contributed by atoms with Gasteiger partial charge in [0, 0.05) is 25.8 Å². The van der Waals surface area contributed by atoms with Crippen molar-refractivity contribution < 1.29 is 0 Å². The predicted octanol–water partition coefficient (Wildman–Crippen LogP) is 2.17. The summed E-state index contributed by atoms with van der Waals surface area (Å²) in [5, 5.41) is 12.4. The van der Waals surface area contributed by atoms with E-state index in [0.717, 1.165) is 18.2 Å². The minimum absolute atomic E-state index is 0.582. The summed E-state index contributed by atoms with van der Waals surface area (Å²) >= 11 is 0. The van der Waals surface area contributed by atoms with Crippen molar-refractivity contribution in [3.05, 3.63) is 23.5 Å². The van der Waals surface area contributed by atoms with Crippen LogP contribution in [0.5, 0.6) is 0 Å². The van der Waals surface area contributed by atoms with Crippen molar-refractivity contribution in [2.45, 2.75) is 38.8 Å². The standard InChI is InChI=1S/C13H19N3/c1-10(5-11-3-4-11)15-8-12-6-13(7-14)16(2)9-12/h6,9-11,15H,3-5,8H2,1-2H3. The van der Waals surface area contributed by atoms with Gasteiger partial charge in [0.05, 0.1) is 0 Å². The molecule has 1 aromatic heterocycles. The van der Waals surface area contributed by atoms with Crippen molar-refractivity contribution in [3.63, 3.8) is 0 Å². The molecule has 3 heteroatoms. The molecule has 0 radical (unpaired) electrons. The second-order valence-corrected chi connectivity index (χ2v) is 4.92. The van der Waals surface area contributed by atoms with Gasteiger partial charge in [-0.25, -0.2) is 0 Å². The smallest absolute Gasteiger partial charge is 0.120 e. The first-order chi connectivity index (χ1) is 7.69. The summed E-state index contributed by atoms with van der Waals surface area (Å²) in [6, 6.07) is 4.72. The molecule has 1 saturated carbocycles.